The van der Waals surface area contributed by atoms with Crippen LogP contribution in [0.5, 0.6) is 0 Å². The predicted molar refractivity (Wildman–Crippen MR) is 79.4 cm³/mol. The molecule has 1 aliphatic heterocycles. The van der Waals surface area contributed by atoms with Crippen molar-refractivity contribution in [2.24, 2.45) is 0 Å². The second-order valence-electron chi connectivity index (χ2n) is 6.01. The van der Waals surface area contributed by atoms with E-state index in [1.165, 1.54) is 7.11 Å². The number of nitrogens with one attached hydrogen (secondary N) is 1. The average molecular weight is 315 g/mol. The number of amides is 3. The van der Waals surface area contributed by atoms with E-state index in [1.54, 1.807) is 9.80 Å². The van der Waals surface area contributed by atoms with Gasteiger partial charge in [-0.25, -0.2) is 9.59 Å². The maximum atomic E-state index is 11.9. The molecule has 1 aliphatic rings. The Bertz CT molecular complexity index is 411. The number of ether oxygens (including phenoxy) is 2. The van der Waals surface area contributed by atoms with Crippen LogP contribution in [0.25, 0.3) is 0 Å². The average Bonchev–Trinajstić information content (AvgIpc) is 2.45. The Kier molecular flexibility index (Phi) is 6.45. The van der Waals surface area contributed by atoms with E-state index in [0.29, 0.717) is 26.2 Å². The Morgan fingerprint density at radius 2 is 1.59 bits per heavy atom. The third-order valence-electron chi connectivity index (χ3n) is 3.05. The Labute approximate surface area is 130 Å². The molecule has 0 aromatic heterocycles. The topological polar surface area (TPSA) is 88.2 Å². The van der Waals surface area contributed by atoms with Crippen molar-refractivity contribution in [3.05, 3.63) is 0 Å². The molecule has 1 saturated heterocycles. The first-order chi connectivity index (χ1) is 10.2. The number of urea groups is 1. The van der Waals surface area contributed by atoms with Crippen molar-refractivity contribution in [2.75, 3.05) is 39.8 Å². The maximum absolute atomic E-state index is 11.9. The van der Waals surface area contributed by atoms with E-state index in [-0.39, 0.29) is 31.1 Å². The minimum atomic E-state index is -0.528. The summed E-state index contributed by atoms with van der Waals surface area (Å²) < 4.78 is 9.79. The van der Waals surface area contributed by atoms with E-state index in [0.717, 1.165) is 0 Å². The predicted octanol–water partition coefficient (Wildman–Crippen LogP) is 0.812. The van der Waals surface area contributed by atoms with Gasteiger partial charge < -0.3 is 24.6 Å². The van der Waals surface area contributed by atoms with Gasteiger partial charge in [0.25, 0.3) is 0 Å². The van der Waals surface area contributed by atoms with Crippen LogP contribution in [0.2, 0.25) is 0 Å². The molecular formula is C14H25N3O5. The number of hydrogen-bond acceptors (Lipinski definition) is 5. The quantitative estimate of drug-likeness (QED) is 0.779. The first-order valence-corrected chi connectivity index (χ1v) is 7.30. The van der Waals surface area contributed by atoms with Gasteiger partial charge >= 0.3 is 18.1 Å². The van der Waals surface area contributed by atoms with Crippen LogP contribution in [0, 0.1) is 0 Å². The molecule has 1 rings (SSSR count). The number of rotatable bonds is 3. The number of esters is 1. The molecule has 0 aliphatic carbocycles. The number of carbonyl (C=O) groups is 3. The Morgan fingerprint density at radius 1 is 1.05 bits per heavy atom. The third kappa shape index (κ3) is 6.19. The molecule has 1 N–H and O–H groups in total. The van der Waals surface area contributed by atoms with Crippen molar-refractivity contribution in [2.45, 2.75) is 32.8 Å². The van der Waals surface area contributed by atoms with Crippen LogP contribution in [0.1, 0.15) is 27.2 Å². The smallest absolute Gasteiger partial charge is 0.410 e. The van der Waals surface area contributed by atoms with Crippen LogP contribution >= 0.6 is 0 Å². The molecule has 8 nitrogen and oxygen atoms in total. The number of carbonyl (C=O) groups excluding carboxylic acids is 3. The van der Waals surface area contributed by atoms with Gasteiger partial charge in [-0.1, -0.05) is 0 Å². The molecule has 8 heteroatoms. The van der Waals surface area contributed by atoms with E-state index < -0.39 is 5.60 Å². The number of nitrogens with zero attached hydrogens (tertiary/aromatic N) is 2. The van der Waals surface area contributed by atoms with Crippen LogP contribution in [-0.4, -0.2) is 73.3 Å². The van der Waals surface area contributed by atoms with Gasteiger partial charge in [0.2, 0.25) is 0 Å². The molecule has 0 spiro atoms. The zero-order chi connectivity index (χ0) is 16.8. The summed E-state index contributed by atoms with van der Waals surface area (Å²) in [6.07, 6.45) is -0.224. The largest absolute Gasteiger partial charge is 0.469 e. The van der Waals surface area contributed by atoms with Crippen LogP contribution in [-0.2, 0) is 14.3 Å². The second-order valence-corrected chi connectivity index (χ2v) is 6.01. The summed E-state index contributed by atoms with van der Waals surface area (Å²) in [7, 11) is 1.31. The van der Waals surface area contributed by atoms with Gasteiger partial charge in [0.15, 0.2) is 0 Å². The summed E-state index contributed by atoms with van der Waals surface area (Å²) in [5.41, 5.74) is -0.528. The minimum absolute atomic E-state index is 0.139. The normalized spacial score (nSPS) is 15.3. The fraction of sp³-hybridized carbons (Fsp3) is 0.786. The fourth-order valence-electron chi connectivity index (χ4n) is 1.90. The SMILES string of the molecule is COC(=O)CCNC(=O)N1CCN(C(=O)OC(C)(C)C)CC1. The highest BCUT2D eigenvalue weighted by atomic mass is 16.6. The molecule has 0 aromatic carbocycles. The highest BCUT2D eigenvalue weighted by Gasteiger charge is 2.27. The van der Waals surface area contributed by atoms with E-state index in [1.807, 2.05) is 20.8 Å². The van der Waals surface area contributed by atoms with E-state index in [4.69, 9.17) is 4.74 Å². The van der Waals surface area contributed by atoms with Crippen molar-refractivity contribution < 1.29 is 23.9 Å². The minimum Gasteiger partial charge on any atom is -0.469 e. The summed E-state index contributed by atoms with van der Waals surface area (Å²) >= 11 is 0. The molecule has 0 radical (unpaired) electrons. The number of methoxy groups -OCH3 is 1. The van der Waals surface area contributed by atoms with Crippen LogP contribution in [0.3, 0.4) is 0 Å². The van der Waals surface area contributed by atoms with Crippen LogP contribution < -0.4 is 5.32 Å². The van der Waals surface area contributed by atoms with Gasteiger partial charge in [0.1, 0.15) is 5.60 Å². The molecule has 0 bridgehead atoms. The first kappa shape index (κ1) is 18.1. The Hall–Kier alpha value is -1.99. The van der Waals surface area contributed by atoms with E-state index in [2.05, 4.69) is 10.1 Å². The third-order valence-corrected chi connectivity index (χ3v) is 3.05. The fourth-order valence-corrected chi connectivity index (χ4v) is 1.90. The summed E-state index contributed by atoms with van der Waals surface area (Å²) in [6, 6.07) is -0.243. The monoisotopic (exact) mass is 315 g/mol. The highest BCUT2D eigenvalue weighted by Crippen LogP contribution is 2.11. The lowest BCUT2D eigenvalue weighted by Gasteiger charge is -2.35. The van der Waals surface area contributed by atoms with E-state index in [9.17, 15) is 14.4 Å². The number of piperazine rings is 1. The Morgan fingerprint density at radius 3 is 2.09 bits per heavy atom. The lowest BCUT2D eigenvalue weighted by atomic mass is 10.2. The molecule has 22 heavy (non-hydrogen) atoms. The van der Waals surface area contributed by atoms with Gasteiger partial charge in [-0.3, -0.25) is 4.79 Å². The summed E-state index contributed by atoms with van der Waals surface area (Å²) in [5, 5.41) is 2.65. The first-order valence-electron chi connectivity index (χ1n) is 7.30. The number of hydrogen-bond donors (Lipinski definition) is 1. The Balaban J connectivity index is 2.31. The van der Waals surface area contributed by atoms with Crippen molar-refractivity contribution in [3.63, 3.8) is 0 Å². The van der Waals surface area contributed by atoms with Gasteiger partial charge in [0.05, 0.1) is 13.5 Å². The molecular weight excluding hydrogens is 290 g/mol. The van der Waals surface area contributed by atoms with Crippen molar-refractivity contribution in [1.29, 1.82) is 0 Å². The van der Waals surface area contributed by atoms with Crippen molar-refractivity contribution >= 4 is 18.1 Å². The van der Waals surface area contributed by atoms with Crippen LogP contribution in [0.4, 0.5) is 9.59 Å². The van der Waals surface area contributed by atoms with Gasteiger partial charge in [-0.05, 0) is 20.8 Å². The maximum Gasteiger partial charge on any atom is 0.410 e. The van der Waals surface area contributed by atoms with Gasteiger partial charge in [-0.2, -0.15) is 0 Å². The van der Waals surface area contributed by atoms with Gasteiger partial charge in [-0.15, -0.1) is 0 Å². The molecule has 0 aromatic rings. The van der Waals surface area contributed by atoms with Crippen molar-refractivity contribution in [3.8, 4) is 0 Å². The summed E-state index contributed by atoms with van der Waals surface area (Å²) in [5.74, 6) is -0.366. The molecule has 1 fully saturated rings. The molecule has 3 amide bonds. The van der Waals surface area contributed by atoms with Crippen LogP contribution in [0.15, 0.2) is 0 Å². The standard InChI is InChI=1S/C14H25N3O5/c1-14(2,3)22-13(20)17-9-7-16(8-10-17)12(19)15-6-5-11(18)21-4/h5-10H2,1-4H3,(H,15,19). The molecule has 0 atom stereocenters. The molecule has 126 valence electrons. The van der Waals surface area contributed by atoms with E-state index >= 15 is 0 Å². The highest BCUT2D eigenvalue weighted by molar-refractivity contribution is 5.76. The zero-order valence-corrected chi connectivity index (χ0v) is 13.7. The summed E-state index contributed by atoms with van der Waals surface area (Å²) in [6.45, 7) is 7.41. The lowest BCUT2D eigenvalue weighted by molar-refractivity contribution is -0.140. The molecule has 0 saturated carbocycles. The van der Waals surface area contributed by atoms with Crippen molar-refractivity contribution in [1.82, 2.24) is 15.1 Å². The lowest BCUT2D eigenvalue weighted by Crippen LogP contribution is -2.54. The molecule has 1 heterocycles. The molecule has 0 unspecified atom stereocenters. The second kappa shape index (κ2) is 7.86. The van der Waals surface area contributed by atoms with Gasteiger partial charge in [0, 0.05) is 32.7 Å². The zero-order valence-electron chi connectivity index (χ0n) is 13.7. The summed E-state index contributed by atoms with van der Waals surface area (Å²) in [4.78, 5) is 38.0.